The van der Waals surface area contributed by atoms with Crippen LogP contribution < -0.4 is 20.1 Å². The van der Waals surface area contributed by atoms with Crippen LogP contribution in [0.1, 0.15) is 5.56 Å². The minimum absolute atomic E-state index is 0. The number of aromatic nitrogens is 2. The zero-order valence-electron chi connectivity index (χ0n) is 14.0. The van der Waals surface area contributed by atoms with Gasteiger partial charge < -0.3 is 20.1 Å². The van der Waals surface area contributed by atoms with Crippen molar-refractivity contribution >= 4 is 40.5 Å². The molecule has 1 aliphatic heterocycles. The Morgan fingerprint density at radius 2 is 1.80 bits per heavy atom. The molecule has 0 amide bonds. The molecule has 130 valence electrons. The topological polar surface area (TPSA) is 73.5 Å². The quantitative estimate of drug-likeness (QED) is 0.724. The van der Waals surface area contributed by atoms with Crippen LogP contribution in [0.25, 0.3) is 10.9 Å². The average Bonchev–Trinajstić information content (AvgIpc) is 3.02. The van der Waals surface area contributed by atoms with Gasteiger partial charge in [0.15, 0.2) is 11.5 Å². The van der Waals surface area contributed by atoms with Crippen molar-refractivity contribution in [3.8, 4) is 11.5 Å². The van der Waals surface area contributed by atoms with E-state index in [9.17, 15) is 0 Å². The van der Waals surface area contributed by atoms with Gasteiger partial charge in [0.1, 0.15) is 12.1 Å². The summed E-state index contributed by atoms with van der Waals surface area (Å²) in [5, 5.41) is 0.930. The third-order valence-electron chi connectivity index (χ3n) is 4.37. The van der Waals surface area contributed by atoms with Crippen molar-refractivity contribution in [2.24, 2.45) is 0 Å². The molecule has 2 aromatic carbocycles. The van der Waals surface area contributed by atoms with E-state index in [1.54, 1.807) is 20.5 Å². The van der Waals surface area contributed by atoms with Gasteiger partial charge in [0.2, 0.25) is 0 Å². The van der Waals surface area contributed by atoms with Gasteiger partial charge in [0.05, 0.1) is 19.7 Å². The molecule has 0 saturated carbocycles. The predicted molar refractivity (Wildman–Crippen MR) is 101 cm³/mol. The fraction of sp³-hybridized carbons (Fsp3) is 0.222. The van der Waals surface area contributed by atoms with E-state index in [2.05, 4.69) is 14.9 Å². The number of hydrogen-bond donors (Lipinski definition) is 1. The van der Waals surface area contributed by atoms with Crippen molar-refractivity contribution in [2.75, 3.05) is 31.4 Å². The lowest BCUT2D eigenvalue weighted by Crippen LogP contribution is -2.15. The van der Waals surface area contributed by atoms with Crippen LogP contribution in [0.15, 0.2) is 36.7 Å². The first-order valence-electron chi connectivity index (χ1n) is 7.74. The van der Waals surface area contributed by atoms with Gasteiger partial charge in [-0.1, -0.05) is 0 Å². The van der Waals surface area contributed by atoms with Gasteiger partial charge in [-0.15, -0.1) is 12.4 Å². The minimum Gasteiger partial charge on any atom is -0.493 e. The first kappa shape index (κ1) is 17.1. The molecule has 0 bridgehead atoms. The number of hydrogen-bond acceptors (Lipinski definition) is 6. The molecular weight excluding hydrogens is 340 g/mol. The Morgan fingerprint density at radius 3 is 2.56 bits per heavy atom. The monoisotopic (exact) mass is 358 g/mol. The second-order valence-electron chi connectivity index (χ2n) is 5.71. The maximum Gasteiger partial charge on any atom is 0.162 e. The van der Waals surface area contributed by atoms with Crippen molar-refractivity contribution in [1.29, 1.82) is 0 Å². The van der Waals surface area contributed by atoms with E-state index in [1.807, 2.05) is 30.3 Å². The summed E-state index contributed by atoms with van der Waals surface area (Å²) in [5.41, 5.74) is 9.88. The SMILES string of the molecule is COc1cc2ncnc(N3CCc4cc(N)ccc43)c2cc1OC.Cl. The number of methoxy groups -OCH3 is 2. The molecule has 25 heavy (non-hydrogen) atoms. The highest BCUT2D eigenvalue weighted by molar-refractivity contribution is 5.94. The molecule has 0 radical (unpaired) electrons. The first-order valence-corrected chi connectivity index (χ1v) is 7.74. The number of anilines is 3. The van der Waals surface area contributed by atoms with Gasteiger partial charge in [-0.2, -0.15) is 0 Å². The van der Waals surface area contributed by atoms with Gasteiger partial charge in [0.25, 0.3) is 0 Å². The second kappa shape index (κ2) is 6.64. The third-order valence-corrected chi connectivity index (χ3v) is 4.37. The highest BCUT2D eigenvalue weighted by Crippen LogP contribution is 2.40. The largest absolute Gasteiger partial charge is 0.493 e. The summed E-state index contributed by atoms with van der Waals surface area (Å²) in [6.45, 7) is 0.860. The summed E-state index contributed by atoms with van der Waals surface area (Å²) in [4.78, 5) is 11.1. The minimum atomic E-state index is 0. The Kier molecular flexibility index (Phi) is 4.55. The van der Waals surface area contributed by atoms with E-state index in [1.165, 1.54) is 5.56 Å². The lowest BCUT2D eigenvalue weighted by molar-refractivity contribution is 0.356. The first-order chi connectivity index (χ1) is 11.7. The van der Waals surface area contributed by atoms with Crippen LogP contribution >= 0.6 is 12.4 Å². The summed E-state index contributed by atoms with van der Waals surface area (Å²) in [5.74, 6) is 2.19. The molecule has 1 aromatic heterocycles. The van der Waals surface area contributed by atoms with Crippen molar-refractivity contribution in [2.45, 2.75) is 6.42 Å². The number of benzene rings is 2. The molecule has 2 heterocycles. The smallest absolute Gasteiger partial charge is 0.162 e. The van der Waals surface area contributed by atoms with E-state index in [-0.39, 0.29) is 12.4 Å². The number of fused-ring (bicyclic) bond motifs is 2. The summed E-state index contributed by atoms with van der Waals surface area (Å²) < 4.78 is 10.8. The Balaban J connectivity index is 0.00000182. The van der Waals surface area contributed by atoms with Crippen molar-refractivity contribution in [3.63, 3.8) is 0 Å². The van der Waals surface area contributed by atoms with E-state index >= 15 is 0 Å². The molecule has 0 spiro atoms. The number of halogens is 1. The molecule has 2 N–H and O–H groups in total. The Bertz CT molecular complexity index is 932. The molecule has 0 unspecified atom stereocenters. The predicted octanol–water partition coefficient (Wildman–Crippen LogP) is 3.35. The molecule has 4 rings (SSSR count). The molecule has 6 nitrogen and oxygen atoms in total. The van der Waals surface area contributed by atoms with Crippen molar-refractivity contribution in [3.05, 3.63) is 42.2 Å². The molecule has 1 aliphatic rings. The van der Waals surface area contributed by atoms with Crippen LogP contribution in [-0.4, -0.2) is 30.7 Å². The fourth-order valence-corrected chi connectivity index (χ4v) is 3.23. The second-order valence-corrected chi connectivity index (χ2v) is 5.71. The summed E-state index contributed by atoms with van der Waals surface area (Å²) in [7, 11) is 3.24. The van der Waals surface area contributed by atoms with Gasteiger partial charge in [-0.25, -0.2) is 9.97 Å². The molecule has 7 heteroatoms. The summed E-state index contributed by atoms with van der Waals surface area (Å²) in [6, 6.07) is 9.80. The molecule has 0 saturated heterocycles. The molecule has 0 atom stereocenters. The maximum absolute atomic E-state index is 5.90. The van der Waals surface area contributed by atoms with Crippen LogP contribution in [-0.2, 0) is 6.42 Å². The van der Waals surface area contributed by atoms with Crippen LogP contribution in [0.2, 0.25) is 0 Å². The zero-order chi connectivity index (χ0) is 16.7. The van der Waals surface area contributed by atoms with Gasteiger partial charge >= 0.3 is 0 Å². The van der Waals surface area contributed by atoms with Crippen LogP contribution in [0.3, 0.4) is 0 Å². The van der Waals surface area contributed by atoms with E-state index < -0.39 is 0 Å². The number of nitrogen functional groups attached to an aromatic ring is 1. The highest BCUT2D eigenvalue weighted by Gasteiger charge is 2.24. The standard InChI is InChI=1S/C18H18N4O2.ClH/c1-23-16-8-13-14(9-17(16)24-2)20-10-21-18(13)22-6-5-11-7-12(19)3-4-15(11)22;/h3-4,7-10H,5-6,19H2,1-2H3;1H. The molecule has 3 aromatic rings. The van der Waals surface area contributed by atoms with Crippen molar-refractivity contribution in [1.82, 2.24) is 9.97 Å². The average molecular weight is 359 g/mol. The number of nitrogens with zero attached hydrogens (tertiary/aromatic N) is 3. The lowest BCUT2D eigenvalue weighted by atomic mass is 10.1. The van der Waals surface area contributed by atoms with Gasteiger partial charge in [-0.3, -0.25) is 0 Å². The fourth-order valence-electron chi connectivity index (χ4n) is 3.23. The van der Waals surface area contributed by atoms with Gasteiger partial charge in [-0.05, 0) is 36.2 Å². The molecule has 0 aliphatic carbocycles. The van der Waals surface area contributed by atoms with E-state index in [0.29, 0.717) is 11.5 Å². The van der Waals surface area contributed by atoms with E-state index in [4.69, 9.17) is 15.2 Å². The zero-order valence-corrected chi connectivity index (χ0v) is 14.8. The Labute approximate surface area is 152 Å². The summed E-state index contributed by atoms with van der Waals surface area (Å²) in [6.07, 6.45) is 2.53. The summed E-state index contributed by atoms with van der Waals surface area (Å²) >= 11 is 0. The third kappa shape index (κ3) is 2.78. The van der Waals surface area contributed by atoms with E-state index in [0.717, 1.165) is 41.1 Å². The van der Waals surface area contributed by atoms with Crippen LogP contribution in [0.5, 0.6) is 11.5 Å². The van der Waals surface area contributed by atoms with Crippen LogP contribution in [0, 0.1) is 0 Å². The molecule has 0 fully saturated rings. The number of rotatable bonds is 3. The van der Waals surface area contributed by atoms with Gasteiger partial charge in [0, 0.05) is 29.4 Å². The number of nitrogens with two attached hydrogens (primary N) is 1. The normalized spacial score (nSPS) is 12.6. The Morgan fingerprint density at radius 1 is 1.04 bits per heavy atom. The number of ether oxygens (including phenoxy) is 2. The lowest BCUT2D eigenvalue weighted by Gasteiger charge is -2.20. The Hall–Kier alpha value is -2.73. The van der Waals surface area contributed by atoms with Crippen molar-refractivity contribution < 1.29 is 9.47 Å². The highest BCUT2D eigenvalue weighted by atomic mass is 35.5. The van der Waals surface area contributed by atoms with Crippen LogP contribution in [0.4, 0.5) is 17.2 Å². The maximum atomic E-state index is 5.90. The molecular formula is C18H19ClN4O2.